The quantitative estimate of drug-likeness (QED) is 0.851. The zero-order chi connectivity index (χ0) is 12.8. The van der Waals surface area contributed by atoms with Crippen LogP contribution in [0, 0.1) is 0 Å². The van der Waals surface area contributed by atoms with E-state index in [1.54, 1.807) is 36.4 Å². The third-order valence-corrected chi connectivity index (χ3v) is 3.82. The molecule has 1 atom stereocenters. The maximum atomic E-state index is 12.1. The van der Waals surface area contributed by atoms with Crippen LogP contribution < -0.4 is 5.32 Å². The Hall–Kier alpha value is -1.65. The number of amides is 1. The highest BCUT2D eigenvalue weighted by molar-refractivity contribution is 9.10. The molecular weight excluding hydrogens is 294 g/mol. The van der Waals surface area contributed by atoms with Crippen LogP contribution in [-0.2, 0) is 10.4 Å². The second kappa shape index (κ2) is 3.93. The third kappa shape index (κ3) is 1.43. The topological polar surface area (TPSA) is 49.3 Å². The number of para-hydroxylation sites is 1. The van der Waals surface area contributed by atoms with Crippen LogP contribution in [0.2, 0.25) is 0 Å². The van der Waals surface area contributed by atoms with Crippen molar-refractivity contribution in [2.45, 2.75) is 5.60 Å². The second-order valence-electron chi connectivity index (χ2n) is 4.19. The zero-order valence-electron chi connectivity index (χ0n) is 9.35. The maximum absolute atomic E-state index is 12.1. The molecule has 0 saturated heterocycles. The fraction of sp³-hybridized carbons (Fsp3) is 0.0714. The molecule has 0 saturated carbocycles. The number of benzene rings is 2. The van der Waals surface area contributed by atoms with Gasteiger partial charge in [-0.15, -0.1) is 0 Å². The molecule has 2 aromatic carbocycles. The van der Waals surface area contributed by atoms with Gasteiger partial charge >= 0.3 is 0 Å². The first-order valence-electron chi connectivity index (χ1n) is 5.52. The molecule has 1 unspecified atom stereocenters. The van der Waals surface area contributed by atoms with Gasteiger partial charge in [0.05, 0.1) is 5.69 Å². The summed E-state index contributed by atoms with van der Waals surface area (Å²) in [6, 6.07) is 14.3. The molecule has 1 heterocycles. The Morgan fingerprint density at radius 3 is 2.50 bits per heavy atom. The lowest BCUT2D eigenvalue weighted by molar-refractivity contribution is -0.129. The molecule has 1 aliphatic rings. The molecule has 3 nitrogen and oxygen atoms in total. The van der Waals surface area contributed by atoms with Gasteiger partial charge in [0.15, 0.2) is 5.60 Å². The van der Waals surface area contributed by atoms with Crippen LogP contribution in [-0.4, -0.2) is 11.0 Å². The van der Waals surface area contributed by atoms with E-state index in [4.69, 9.17) is 0 Å². The molecule has 0 spiro atoms. The van der Waals surface area contributed by atoms with Crippen LogP contribution in [0.1, 0.15) is 11.1 Å². The van der Waals surface area contributed by atoms with Crippen LogP contribution in [0.4, 0.5) is 5.69 Å². The van der Waals surface area contributed by atoms with E-state index in [-0.39, 0.29) is 0 Å². The van der Waals surface area contributed by atoms with E-state index in [1.165, 1.54) is 0 Å². The summed E-state index contributed by atoms with van der Waals surface area (Å²) in [6.45, 7) is 0. The van der Waals surface area contributed by atoms with Gasteiger partial charge < -0.3 is 10.4 Å². The van der Waals surface area contributed by atoms with Crippen LogP contribution >= 0.6 is 15.9 Å². The van der Waals surface area contributed by atoms with Crippen LogP contribution in [0.3, 0.4) is 0 Å². The monoisotopic (exact) mass is 303 g/mol. The molecule has 1 amide bonds. The summed E-state index contributed by atoms with van der Waals surface area (Å²) < 4.78 is 0.764. The predicted octanol–water partition coefficient (Wildman–Crippen LogP) is 2.64. The van der Waals surface area contributed by atoms with Crippen molar-refractivity contribution in [2.24, 2.45) is 0 Å². The number of halogens is 1. The van der Waals surface area contributed by atoms with E-state index in [0.29, 0.717) is 16.8 Å². The van der Waals surface area contributed by atoms with Crippen LogP contribution in [0.25, 0.3) is 0 Å². The van der Waals surface area contributed by atoms with Crippen LogP contribution in [0.15, 0.2) is 53.0 Å². The molecule has 18 heavy (non-hydrogen) atoms. The molecule has 0 radical (unpaired) electrons. The Labute approximate surface area is 113 Å². The van der Waals surface area contributed by atoms with E-state index in [2.05, 4.69) is 21.2 Å². The predicted molar refractivity (Wildman–Crippen MR) is 72.2 cm³/mol. The lowest BCUT2D eigenvalue weighted by Crippen LogP contribution is -2.35. The lowest BCUT2D eigenvalue weighted by atomic mass is 9.88. The highest BCUT2D eigenvalue weighted by Gasteiger charge is 2.47. The summed E-state index contributed by atoms with van der Waals surface area (Å²) in [5.41, 5.74) is 0.168. The largest absolute Gasteiger partial charge is 0.372 e. The number of carbonyl (C=O) groups is 1. The van der Waals surface area contributed by atoms with Crippen molar-refractivity contribution in [3.63, 3.8) is 0 Å². The summed E-state index contributed by atoms with van der Waals surface area (Å²) in [5.74, 6) is -0.421. The summed E-state index contributed by atoms with van der Waals surface area (Å²) in [7, 11) is 0. The van der Waals surface area contributed by atoms with Crippen LogP contribution in [0.5, 0.6) is 0 Å². The molecule has 0 bridgehead atoms. The summed E-state index contributed by atoms with van der Waals surface area (Å²) >= 11 is 3.37. The average Bonchev–Trinajstić information content (AvgIpc) is 2.66. The lowest BCUT2D eigenvalue weighted by Gasteiger charge is -2.21. The highest BCUT2D eigenvalue weighted by Crippen LogP contribution is 2.43. The van der Waals surface area contributed by atoms with Gasteiger partial charge in [0.1, 0.15) is 0 Å². The van der Waals surface area contributed by atoms with Gasteiger partial charge in [0, 0.05) is 10.0 Å². The highest BCUT2D eigenvalue weighted by atomic mass is 79.9. The standard InChI is InChI=1S/C14H10BrNO2/c15-11-8-4-7-10-12(11)16-13(17)14(10,18)9-5-2-1-3-6-9/h1-8,18H,(H,16,17). The molecule has 90 valence electrons. The first-order chi connectivity index (χ1) is 8.64. The Balaban J connectivity index is 2.26. The third-order valence-electron chi connectivity index (χ3n) is 3.16. The number of hydrogen-bond donors (Lipinski definition) is 2. The molecule has 2 aromatic rings. The van der Waals surface area contributed by atoms with Crippen molar-refractivity contribution in [3.8, 4) is 0 Å². The molecule has 1 aliphatic heterocycles. The molecule has 3 rings (SSSR count). The smallest absolute Gasteiger partial charge is 0.265 e. The number of carbonyl (C=O) groups excluding carboxylic acids is 1. The van der Waals surface area contributed by atoms with Crippen molar-refractivity contribution in [1.82, 2.24) is 0 Å². The SMILES string of the molecule is O=C1Nc2c(Br)cccc2C1(O)c1ccccc1. The Bertz CT molecular complexity index is 627. The number of fused-ring (bicyclic) bond motifs is 1. The fourth-order valence-electron chi connectivity index (χ4n) is 2.24. The van der Waals surface area contributed by atoms with Crippen molar-refractivity contribution in [1.29, 1.82) is 0 Å². The van der Waals surface area contributed by atoms with E-state index in [0.717, 1.165) is 4.47 Å². The minimum atomic E-state index is -1.61. The fourth-order valence-corrected chi connectivity index (χ4v) is 2.71. The van der Waals surface area contributed by atoms with Gasteiger partial charge in [-0.25, -0.2) is 0 Å². The van der Waals surface area contributed by atoms with Gasteiger partial charge in [0.25, 0.3) is 5.91 Å². The van der Waals surface area contributed by atoms with Crippen molar-refractivity contribution >= 4 is 27.5 Å². The van der Waals surface area contributed by atoms with E-state index < -0.39 is 11.5 Å². The normalized spacial score (nSPS) is 21.6. The number of rotatable bonds is 1. The number of aliphatic hydroxyl groups is 1. The van der Waals surface area contributed by atoms with E-state index >= 15 is 0 Å². The minimum absolute atomic E-state index is 0.421. The van der Waals surface area contributed by atoms with Crippen molar-refractivity contribution < 1.29 is 9.90 Å². The van der Waals surface area contributed by atoms with Gasteiger partial charge in [-0.3, -0.25) is 4.79 Å². The maximum Gasteiger partial charge on any atom is 0.265 e. The zero-order valence-corrected chi connectivity index (χ0v) is 10.9. The number of nitrogens with one attached hydrogen (secondary N) is 1. The molecule has 4 heteroatoms. The Kier molecular flexibility index (Phi) is 2.50. The minimum Gasteiger partial charge on any atom is -0.372 e. The molecular formula is C14H10BrNO2. The van der Waals surface area contributed by atoms with E-state index in [9.17, 15) is 9.90 Å². The van der Waals surface area contributed by atoms with Gasteiger partial charge in [-0.1, -0.05) is 42.5 Å². The summed E-state index contributed by atoms with van der Waals surface area (Å²) in [5, 5.41) is 13.5. The molecule has 0 aromatic heterocycles. The average molecular weight is 304 g/mol. The van der Waals surface area contributed by atoms with E-state index in [1.807, 2.05) is 12.1 Å². The van der Waals surface area contributed by atoms with Crippen molar-refractivity contribution in [2.75, 3.05) is 5.32 Å². The first-order valence-corrected chi connectivity index (χ1v) is 6.31. The van der Waals surface area contributed by atoms with Crippen molar-refractivity contribution in [3.05, 3.63) is 64.1 Å². The Morgan fingerprint density at radius 1 is 1.06 bits per heavy atom. The Morgan fingerprint density at radius 2 is 1.78 bits per heavy atom. The summed E-state index contributed by atoms with van der Waals surface area (Å²) in [6.07, 6.45) is 0. The molecule has 2 N–H and O–H groups in total. The number of anilines is 1. The number of hydrogen-bond acceptors (Lipinski definition) is 2. The molecule has 0 aliphatic carbocycles. The first kappa shape index (κ1) is 11.4. The second-order valence-corrected chi connectivity index (χ2v) is 5.05. The molecule has 0 fully saturated rings. The van der Waals surface area contributed by atoms with Gasteiger partial charge in [-0.05, 0) is 27.6 Å². The van der Waals surface area contributed by atoms with Gasteiger partial charge in [-0.2, -0.15) is 0 Å². The summed E-state index contributed by atoms with van der Waals surface area (Å²) in [4.78, 5) is 12.1. The van der Waals surface area contributed by atoms with Gasteiger partial charge in [0.2, 0.25) is 0 Å².